The zero-order valence-corrected chi connectivity index (χ0v) is 12.7. The Kier molecular flexibility index (Phi) is 7.78. The lowest BCUT2D eigenvalue weighted by Crippen LogP contribution is -1.96. The molecule has 0 amide bonds. The molecule has 0 aliphatic rings. The van der Waals surface area contributed by atoms with Crippen molar-refractivity contribution in [3.05, 3.63) is 29.3 Å². The average Bonchev–Trinajstić information content (AvgIpc) is 2.45. The molecule has 20 heavy (non-hydrogen) atoms. The van der Waals surface area contributed by atoms with Gasteiger partial charge in [0.05, 0.1) is 5.71 Å². The van der Waals surface area contributed by atoms with Crippen LogP contribution in [0.1, 0.15) is 69.9 Å². The van der Waals surface area contributed by atoms with Crippen molar-refractivity contribution in [3.63, 3.8) is 0 Å². The third-order valence-corrected chi connectivity index (χ3v) is 3.67. The molecule has 0 saturated heterocycles. The lowest BCUT2D eigenvalue weighted by molar-refractivity contribution is 0.318. The van der Waals surface area contributed by atoms with Crippen molar-refractivity contribution < 1.29 is 10.3 Å². The van der Waals surface area contributed by atoms with Crippen LogP contribution >= 0.6 is 0 Å². The van der Waals surface area contributed by atoms with Crippen molar-refractivity contribution in [1.29, 1.82) is 0 Å². The molecule has 0 fully saturated rings. The molecule has 0 heterocycles. The number of unbranched alkanes of at least 4 members (excludes halogenated alkanes) is 6. The minimum absolute atomic E-state index is 0.195. The lowest BCUT2D eigenvalue weighted by atomic mass is 10.0. The van der Waals surface area contributed by atoms with Crippen LogP contribution in [0.25, 0.3) is 0 Å². The predicted octanol–water partition coefficient (Wildman–Crippen LogP) is 4.88. The van der Waals surface area contributed by atoms with E-state index in [1.807, 2.05) is 12.1 Å². The Morgan fingerprint density at radius 1 is 1.05 bits per heavy atom. The second-order valence-electron chi connectivity index (χ2n) is 5.41. The SMILES string of the molecule is CCCCCCCCCc1ccc(C(C)=NO)c(O)c1. The van der Waals surface area contributed by atoms with Gasteiger partial charge in [-0.05, 0) is 37.5 Å². The van der Waals surface area contributed by atoms with Gasteiger partial charge in [0, 0.05) is 5.56 Å². The van der Waals surface area contributed by atoms with Gasteiger partial charge in [-0.2, -0.15) is 0 Å². The van der Waals surface area contributed by atoms with Gasteiger partial charge in [0.1, 0.15) is 5.75 Å². The maximum atomic E-state index is 9.90. The summed E-state index contributed by atoms with van der Waals surface area (Å²) < 4.78 is 0. The molecule has 112 valence electrons. The highest BCUT2D eigenvalue weighted by atomic mass is 16.4. The standard InChI is InChI=1S/C17H27NO2/c1-3-4-5-6-7-8-9-10-15-11-12-16(14(2)18-20)17(19)13-15/h11-13,19-20H,3-10H2,1-2H3. The number of hydrogen-bond donors (Lipinski definition) is 2. The molecule has 0 aliphatic carbocycles. The molecule has 3 heteroatoms. The fourth-order valence-electron chi connectivity index (χ4n) is 2.38. The first-order chi connectivity index (χ1) is 9.69. The highest BCUT2D eigenvalue weighted by molar-refractivity contribution is 6.00. The molecule has 0 aliphatic heterocycles. The number of phenolic OH excluding ortho intramolecular Hbond substituents is 1. The van der Waals surface area contributed by atoms with Gasteiger partial charge in [-0.15, -0.1) is 0 Å². The van der Waals surface area contributed by atoms with Crippen molar-refractivity contribution >= 4 is 5.71 Å². The number of oxime groups is 1. The van der Waals surface area contributed by atoms with Gasteiger partial charge in [-0.25, -0.2) is 0 Å². The van der Waals surface area contributed by atoms with Crippen LogP contribution in [-0.2, 0) is 6.42 Å². The fourth-order valence-corrected chi connectivity index (χ4v) is 2.38. The van der Waals surface area contributed by atoms with E-state index >= 15 is 0 Å². The van der Waals surface area contributed by atoms with E-state index in [-0.39, 0.29) is 5.75 Å². The third-order valence-electron chi connectivity index (χ3n) is 3.67. The fraction of sp³-hybridized carbons (Fsp3) is 0.588. The van der Waals surface area contributed by atoms with Crippen LogP contribution < -0.4 is 0 Å². The largest absolute Gasteiger partial charge is 0.507 e. The van der Waals surface area contributed by atoms with Crippen LogP contribution in [0.2, 0.25) is 0 Å². The summed E-state index contributed by atoms with van der Waals surface area (Å²) in [7, 11) is 0. The van der Waals surface area contributed by atoms with Gasteiger partial charge in [0.15, 0.2) is 0 Å². The van der Waals surface area contributed by atoms with E-state index in [9.17, 15) is 5.11 Å². The second kappa shape index (κ2) is 9.40. The zero-order valence-electron chi connectivity index (χ0n) is 12.7. The second-order valence-corrected chi connectivity index (χ2v) is 5.41. The van der Waals surface area contributed by atoms with Gasteiger partial charge in [0.25, 0.3) is 0 Å². The van der Waals surface area contributed by atoms with Crippen LogP contribution in [0.5, 0.6) is 5.75 Å². The van der Waals surface area contributed by atoms with Gasteiger partial charge >= 0.3 is 0 Å². The van der Waals surface area contributed by atoms with Crippen LogP contribution in [0.15, 0.2) is 23.4 Å². The monoisotopic (exact) mass is 277 g/mol. The molecular weight excluding hydrogens is 250 g/mol. The summed E-state index contributed by atoms with van der Waals surface area (Å²) in [5, 5.41) is 21.7. The van der Waals surface area contributed by atoms with E-state index < -0.39 is 0 Å². The molecule has 0 bridgehead atoms. The Morgan fingerprint density at radius 3 is 2.30 bits per heavy atom. The minimum Gasteiger partial charge on any atom is -0.507 e. The Hall–Kier alpha value is -1.51. The average molecular weight is 277 g/mol. The molecular formula is C17H27NO2. The van der Waals surface area contributed by atoms with Gasteiger partial charge in [-0.1, -0.05) is 56.7 Å². The highest BCUT2D eigenvalue weighted by Crippen LogP contribution is 2.21. The molecule has 0 aromatic heterocycles. The van der Waals surface area contributed by atoms with Gasteiger partial charge in [-0.3, -0.25) is 0 Å². The summed E-state index contributed by atoms with van der Waals surface area (Å²) in [5.74, 6) is 0.195. The summed E-state index contributed by atoms with van der Waals surface area (Å²) in [6.07, 6.45) is 10.1. The summed E-state index contributed by atoms with van der Waals surface area (Å²) in [6.45, 7) is 3.91. The smallest absolute Gasteiger partial charge is 0.125 e. The van der Waals surface area contributed by atoms with Crippen molar-refractivity contribution in [1.82, 2.24) is 0 Å². The number of phenols is 1. The maximum absolute atomic E-state index is 9.90. The highest BCUT2D eigenvalue weighted by Gasteiger charge is 2.06. The van der Waals surface area contributed by atoms with Gasteiger partial charge < -0.3 is 10.3 Å². The Morgan fingerprint density at radius 2 is 1.70 bits per heavy atom. The lowest BCUT2D eigenvalue weighted by Gasteiger charge is -2.06. The number of aromatic hydroxyl groups is 1. The summed E-state index contributed by atoms with van der Waals surface area (Å²) in [4.78, 5) is 0. The number of nitrogens with zero attached hydrogens (tertiary/aromatic N) is 1. The molecule has 0 saturated carbocycles. The van der Waals surface area contributed by atoms with Crippen molar-refractivity contribution in [2.75, 3.05) is 0 Å². The first-order valence-electron chi connectivity index (χ1n) is 7.70. The maximum Gasteiger partial charge on any atom is 0.125 e. The van der Waals surface area contributed by atoms with Crippen LogP contribution in [0, 0.1) is 0 Å². The van der Waals surface area contributed by atoms with Crippen LogP contribution in [0.3, 0.4) is 0 Å². The molecule has 1 aromatic rings. The van der Waals surface area contributed by atoms with E-state index in [0.29, 0.717) is 11.3 Å². The van der Waals surface area contributed by atoms with Crippen LogP contribution in [0.4, 0.5) is 0 Å². The molecule has 1 rings (SSSR count). The summed E-state index contributed by atoms with van der Waals surface area (Å²) in [5.41, 5.74) is 2.17. The first-order valence-corrected chi connectivity index (χ1v) is 7.70. The van der Waals surface area contributed by atoms with E-state index in [0.717, 1.165) is 18.4 Å². The molecule has 0 spiro atoms. The Balaban J connectivity index is 2.33. The van der Waals surface area contributed by atoms with Crippen molar-refractivity contribution in [2.24, 2.45) is 5.16 Å². The molecule has 0 unspecified atom stereocenters. The third kappa shape index (κ3) is 5.64. The molecule has 3 nitrogen and oxygen atoms in total. The normalized spacial score (nSPS) is 11.8. The summed E-state index contributed by atoms with van der Waals surface area (Å²) in [6, 6.07) is 5.60. The Bertz CT molecular complexity index is 427. The molecule has 2 N–H and O–H groups in total. The topological polar surface area (TPSA) is 52.8 Å². The number of benzene rings is 1. The number of rotatable bonds is 9. The quantitative estimate of drug-likeness (QED) is 0.292. The van der Waals surface area contributed by atoms with Gasteiger partial charge in [0.2, 0.25) is 0 Å². The number of hydrogen-bond acceptors (Lipinski definition) is 3. The predicted molar refractivity (Wildman–Crippen MR) is 83.8 cm³/mol. The zero-order chi connectivity index (χ0) is 14.8. The first kappa shape index (κ1) is 16.5. The van der Waals surface area contributed by atoms with Crippen molar-refractivity contribution in [2.45, 2.75) is 65.2 Å². The van der Waals surface area contributed by atoms with E-state index in [1.165, 1.54) is 38.5 Å². The molecule has 1 aromatic carbocycles. The van der Waals surface area contributed by atoms with Crippen molar-refractivity contribution in [3.8, 4) is 5.75 Å². The summed E-state index contributed by atoms with van der Waals surface area (Å²) >= 11 is 0. The number of aryl methyl sites for hydroxylation is 1. The molecule has 0 atom stereocenters. The van der Waals surface area contributed by atoms with E-state index in [4.69, 9.17) is 5.21 Å². The van der Waals surface area contributed by atoms with E-state index in [2.05, 4.69) is 12.1 Å². The minimum atomic E-state index is 0.195. The Labute approximate surface area is 122 Å². The van der Waals surface area contributed by atoms with E-state index in [1.54, 1.807) is 13.0 Å². The van der Waals surface area contributed by atoms with Crippen LogP contribution in [-0.4, -0.2) is 16.0 Å². The molecule has 0 radical (unpaired) electrons.